The number of halogens is 1. The minimum absolute atomic E-state index is 0.0286. The quantitative estimate of drug-likeness (QED) is 0.675. The van der Waals surface area contributed by atoms with Crippen LogP contribution in [0.1, 0.15) is 23.2 Å². The van der Waals surface area contributed by atoms with E-state index < -0.39 is 0 Å². The predicted octanol–water partition coefficient (Wildman–Crippen LogP) is 2.79. The number of phenolic OH excluding ortho intramolecular Hbond substituents is 1. The van der Waals surface area contributed by atoms with Crippen molar-refractivity contribution in [2.24, 2.45) is 0 Å². The van der Waals surface area contributed by atoms with Crippen molar-refractivity contribution in [3.05, 3.63) is 40.0 Å². The smallest absolute Gasteiger partial charge is 0.254 e. The summed E-state index contributed by atoms with van der Waals surface area (Å²) in [7, 11) is 0. The summed E-state index contributed by atoms with van der Waals surface area (Å²) in [5.74, 6) is 0.130. The number of rotatable bonds is 4. The second-order valence-corrected chi connectivity index (χ2v) is 5.31. The topological polar surface area (TPSA) is 40.5 Å². The minimum atomic E-state index is -0.0286. The molecular formula is C13H14INO2. The van der Waals surface area contributed by atoms with Crippen molar-refractivity contribution in [3.63, 3.8) is 0 Å². The molecule has 0 radical (unpaired) electrons. The highest BCUT2D eigenvalue weighted by atomic mass is 127. The number of carbonyl (C=O) groups excluding carboxylic acids is 1. The molecule has 1 N–H and O–H groups in total. The molecular weight excluding hydrogens is 329 g/mol. The second-order valence-electron chi connectivity index (χ2n) is 4.14. The zero-order valence-electron chi connectivity index (χ0n) is 9.40. The molecule has 1 aliphatic rings. The van der Waals surface area contributed by atoms with Gasteiger partial charge in [-0.3, -0.25) is 4.79 Å². The summed E-state index contributed by atoms with van der Waals surface area (Å²) < 4.78 is 0.751. The van der Waals surface area contributed by atoms with Gasteiger partial charge >= 0.3 is 0 Å². The van der Waals surface area contributed by atoms with Gasteiger partial charge in [-0.1, -0.05) is 6.08 Å². The van der Waals surface area contributed by atoms with Gasteiger partial charge in [-0.15, -0.1) is 6.58 Å². The molecule has 3 nitrogen and oxygen atoms in total. The zero-order valence-corrected chi connectivity index (χ0v) is 11.6. The van der Waals surface area contributed by atoms with Crippen molar-refractivity contribution in [2.75, 3.05) is 6.54 Å². The maximum atomic E-state index is 12.2. The van der Waals surface area contributed by atoms with Gasteiger partial charge in [0.1, 0.15) is 5.75 Å². The van der Waals surface area contributed by atoms with E-state index in [1.165, 1.54) is 6.07 Å². The fraction of sp³-hybridized carbons (Fsp3) is 0.308. The maximum Gasteiger partial charge on any atom is 0.254 e. The third kappa shape index (κ3) is 2.80. The van der Waals surface area contributed by atoms with Gasteiger partial charge < -0.3 is 10.0 Å². The van der Waals surface area contributed by atoms with Crippen LogP contribution >= 0.6 is 22.6 Å². The van der Waals surface area contributed by atoms with Crippen molar-refractivity contribution < 1.29 is 9.90 Å². The Hall–Kier alpha value is -1.04. The third-order valence-corrected chi connectivity index (χ3v) is 3.68. The lowest BCUT2D eigenvalue weighted by Gasteiger charge is -2.20. The van der Waals surface area contributed by atoms with Gasteiger partial charge in [-0.25, -0.2) is 0 Å². The summed E-state index contributed by atoms with van der Waals surface area (Å²) >= 11 is 2.03. The Morgan fingerprint density at radius 1 is 1.59 bits per heavy atom. The summed E-state index contributed by atoms with van der Waals surface area (Å²) in [5, 5.41) is 9.62. The fourth-order valence-corrected chi connectivity index (χ4v) is 2.07. The lowest BCUT2D eigenvalue weighted by Crippen LogP contribution is -2.33. The van der Waals surface area contributed by atoms with Crippen LogP contribution in [-0.4, -0.2) is 28.5 Å². The summed E-state index contributed by atoms with van der Waals surface area (Å²) in [6, 6.07) is 5.38. The Labute approximate surface area is 114 Å². The van der Waals surface area contributed by atoms with E-state index >= 15 is 0 Å². The van der Waals surface area contributed by atoms with Crippen LogP contribution in [0.15, 0.2) is 30.9 Å². The first-order valence-corrected chi connectivity index (χ1v) is 6.61. The van der Waals surface area contributed by atoms with Crippen LogP contribution in [0.25, 0.3) is 0 Å². The monoisotopic (exact) mass is 343 g/mol. The SMILES string of the molecule is C=CCN(C(=O)c1ccc(I)c(O)c1)C1CC1. The van der Waals surface area contributed by atoms with Crippen LogP contribution in [-0.2, 0) is 0 Å². The average molecular weight is 343 g/mol. The molecule has 0 atom stereocenters. The minimum Gasteiger partial charge on any atom is -0.507 e. The van der Waals surface area contributed by atoms with Gasteiger partial charge in [-0.2, -0.15) is 0 Å². The van der Waals surface area contributed by atoms with Gasteiger partial charge in [-0.05, 0) is 53.6 Å². The molecule has 1 aliphatic carbocycles. The molecule has 0 aliphatic heterocycles. The van der Waals surface area contributed by atoms with Crippen molar-refractivity contribution in [1.82, 2.24) is 4.90 Å². The molecule has 4 heteroatoms. The molecule has 2 rings (SSSR count). The van der Waals surface area contributed by atoms with Crippen LogP contribution in [0.2, 0.25) is 0 Å². The highest BCUT2D eigenvalue weighted by Gasteiger charge is 2.32. The summed E-state index contributed by atoms with van der Waals surface area (Å²) in [6.45, 7) is 4.24. The van der Waals surface area contributed by atoms with Gasteiger partial charge in [0.2, 0.25) is 0 Å². The first kappa shape index (κ1) is 12.4. The standard InChI is InChI=1S/C13H14INO2/c1-2-7-15(10-4-5-10)13(17)9-3-6-11(14)12(16)8-9/h2-3,6,8,10,16H,1,4-5,7H2. The van der Waals surface area contributed by atoms with E-state index in [1.807, 2.05) is 27.5 Å². The predicted molar refractivity (Wildman–Crippen MR) is 75.1 cm³/mol. The van der Waals surface area contributed by atoms with E-state index in [0.717, 1.165) is 16.4 Å². The van der Waals surface area contributed by atoms with Gasteiger partial charge in [0.15, 0.2) is 0 Å². The first-order chi connectivity index (χ1) is 8.13. The van der Waals surface area contributed by atoms with E-state index in [2.05, 4.69) is 6.58 Å². The van der Waals surface area contributed by atoms with Crippen molar-refractivity contribution >= 4 is 28.5 Å². The van der Waals surface area contributed by atoms with Crippen LogP contribution in [0.4, 0.5) is 0 Å². The zero-order chi connectivity index (χ0) is 12.4. The Balaban J connectivity index is 2.21. The summed E-state index contributed by atoms with van der Waals surface area (Å²) in [5.41, 5.74) is 0.539. The number of benzene rings is 1. The number of aromatic hydroxyl groups is 1. The number of carbonyl (C=O) groups is 1. The van der Waals surface area contributed by atoms with E-state index in [-0.39, 0.29) is 11.7 Å². The molecule has 1 aromatic carbocycles. The molecule has 1 amide bonds. The second kappa shape index (κ2) is 5.08. The van der Waals surface area contributed by atoms with Crippen LogP contribution in [0, 0.1) is 3.57 Å². The van der Waals surface area contributed by atoms with E-state index in [9.17, 15) is 9.90 Å². The molecule has 90 valence electrons. The number of phenols is 1. The fourth-order valence-electron chi connectivity index (χ4n) is 1.73. The van der Waals surface area contributed by atoms with E-state index in [1.54, 1.807) is 18.2 Å². The molecule has 17 heavy (non-hydrogen) atoms. The largest absolute Gasteiger partial charge is 0.507 e. The summed E-state index contributed by atoms with van der Waals surface area (Å²) in [4.78, 5) is 14.1. The number of amides is 1. The molecule has 0 heterocycles. The normalized spacial score (nSPS) is 14.4. The summed E-state index contributed by atoms with van der Waals surface area (Å²) in [6.07, 6.45) is 3.87. The number of nitrogens with zero attached hydrogens (tertiary/aromatic N) is 1. The molecule has 0 bridgehead atoms. The lowest BCUT2D eigenvalue weighted by atomic mass is 10.2. The Bertz CT molecular complexity index is 455. The molecule has 0 unspecified atom stereocenters. The van der Waals surface area contributed by atoms with Crippen molar-refractivity contribution in [1.29, 1.82) is 0 Å². The lowest BCUT2D eigenvalue weighted by molar-refractivity contribution is 0.0762. The number of hydrogen-bond donors (Lipinski definition) is 1. The van der Waals surface area contributed by atoms with Crippen LogP contribution < -0.4 is 0 Å². The highest BCUT2D eigenvalue weighted by Crippen LogP contribution is 2.29. The van der Waals surface area contributed by atoms with Crippen LogP contribution in [0.5, 0.6) is 5.75 Å². The van der Waals surface area contributed by atoms with Crippen molar-refractivity contribution in [3.8, 4) is 5.75 Å². The molecule has 0 spiro atoms. The first-order valence-electron chi connectivity index (χ1n) is 5.54. The molecule has 1 fully saturated rings. The Kier molecular flexibility index (Phi) is 3.71. The van der Waals surface area contributed by atoms with E-state index in [4.69, 9.17) is 0 Å². The van der Waals surface area contributed by atoms with Gasteiger partial charge in [0, 0.05) is 18.2 Å². The Morgan fingerprint density at radius 3 is 2.82 bits per heavy atom. The average Bonchev–Trinajstić information content (AvgIpc) is 3.13. The van der Waals surface area contributed by atoms with Gasteiger partial charge in [0.05, 0.1) is 3.57 Å². The van der Waals surface area contributed by atoms with E-state index in [0.29, 0.717) is 18.2 Å². The van der Waals surface area contributed by atoms with Gasteiger partial charge in [0.25, 0.3) is 5.91 Å². The molecule has 1 aromatic rings. The number of hydrogen-bond acceptors (Lipinski definition) is 2. The van der Waals surface area contributed by atoms with Crippen molar-refractivity contribution in [2.45, 2.75) is 18.9 Å². The molecule has 1 saturated carbocycles. The maximum absolute atomic E-state index is 12.2. The highest BCUT2D eigenvalue weighted by molar-refractivity contribution is 14.1. The Morgan fingerprint density at radius 2 is 2.29 bits per heavy atom. The molecule has 0 saturated heterocycles. The third-order valence-electron chi connectivity index (χ3n) is 2.77. The molecule has 0 aromatic heterocycles. The van der Waals surface area contributed by atoms with Crippen LogP contribution in [0.3, 0.4) is 0 Å².